The predicted octanol–water partition coefficient (Wildman–Crippen LogP) is 0.656. The van der Waals surface area contributed by atoms with Gasteiger partial charge < -0.3 is 15.5 Å². The third kappa shape index (κ3) is 3.81. The molecule has 19 heavy (non-hydrogen) atoms. The van der Waals surface area contributed by atoms with E-state index in [1.165, 1.54) is 0 Å². The molecule has 0 aliphatic carbocycles. The van der Waals surface area contributed by atoms with Crippen molar-refractivity contribution in [2.24, 2.45) is 0 Å². The van der Waals surface area contributed by atoms with Crippen molar-refractivity contribution in [3.05, 3.63) is 17.8 Å². The average Bonchev–Trinajstić information content (AvgIpc) is 2.40. The smallest absolute Gasteiger partial charge is 0.152 e. The van der Waals surface area contributed by atoms with Gasteiger partial charge in [0.25, 0.3) is 0 Å². The van der Waals surface area contributed by atoms with Crippen molar-refractivity contribution in [1.29, 1.82) is 0 Å². The van der Waals surface area contributed by atoms with Crippen LogP contribution in [0.4, 0.5) is 11.5 Å². The molecule has 1 aromatic heterocycles. The summed E-state index contributed by atoms with van der Waals surface area (Å²) in [6.45, 7) is 8.45. The second kappa shape index (κ2) is 6.21. The van der Waals surface area contributed by atoms with Crippen LogP contribution in [0, 0.1) is 6.92 Å². The van der Waals surface area contributed by atoms with Gasteiger partial charge in [-0.15, -0.1) is 0 Å². The van der Waals surface area contributed by atoms with E-state index in [0.717, 1.165) is 56.5 Å². The average molecular weight is 263 g/mol. The van der Waals surface area contributed by atoms with E-state index in [1.54, 1.807) is 0 Å². The van der Waals surface area contributed by atoms with Crippen LogP contribution in [-0.4, -0.2) is 68.1 Å². The number of nitrogen functional groups attached to an aromatic ring is 1. The SMILES string of the molecule is Cc1ccc(N)c(N2CCN(CCN(C)C)CC2)n1. The van der Waals surface area contributed by atoms with Gasteiger partial charge in [-0.05, 0) is 33.2 Å². The molecule has 5 nitrogen and oxygen atoms in total. The molecular formula is C14H25N5. The summed E-state index contributed by atoms with van der Waals surface area (Å²) in [4.78, 5) is 11.6. The Morgan fingerprint density at radius 1 is 1.21 bits per heavy atom. The van der Waals surface area contributed by atoms with E-state index < -0.39 is 0 Å². The van der Waals surface area contributed by atoms with Crippen molar-refractivity contribution < 1.29 is 0 Å². The topological polar surface area (TPSA) is 48.6 Å². The molecule has 0 saturated carbocycles. The zero-order valence-corrected chi connectivity index (χ0v) is 12.3. The van der Waals surface area contributed by atoms with Crippen LogP contribution in [0.15, 0.2) is 12.1 Å². The summed E-state index contributed by atoms with van der Waals surface area (Å²) in [5.74, 6) is 0.951. The Bertz CT molecular complexity index is 410. The van der Waals surface area contributed by atoms with Crippen LogP contribution in [0.3, 0.4) is 0 Å². The number of nitrogens with two attached hydrogens (primary N) is 1. The van der Waals surface area contributed by atoms with E-state index >= 15 is 0 Å². The minimum Gasteiger partial charge on any atom is -0.396 e. The number of hydrogen-bond acceptors (Lipinski definition) is 5. The van der Waals surface area contributed by atoms with Crippen LogP contribution in [0.1, 0.15) is 5.69 Å². The maximum atomic E-state index is 6.03. The second-order valence-electron chi connectivity index (χ2n) is 5.50. The number of hydrogen-bond donors (Lipinski definition) is 1. The molecule has 1 fully saturated rings. The van der Waals surface area contributed by atoms with E-state index in [-0.39, 0.29) is 0 Å². The van der Waals surface area contributed by atoms with Gasteiger partial charge in [-0.25, -0.2) is 4.98 Å². The lowest BCUT2D eigenvalue weighted by atomic mass is 10.2. The molecule has 2 rings (SSSR count). The Kier molecular flexibility index (Phi) is 4.61. The molecule has 1 aliphatic heterocycles. The number of nitrogens with zero attached hydrogens (tertiary/aromatic N) is 4. The fourth-order valence-corrected chi connectivity index (χ4v) is 2.33. The minimum absolute atomic E-state index is 0.785. The highest BCUT2D eigenvalue weighted by Crippen LogP contribution is 2.21. The van der Waals surface area contributed by atoms with Crippen LogP contribution in [-0.2, 0) is 0 Å². The number of anilines is 2. The van der Waals surface area contributed by atoms with Gasteiger partial charge in [0, 0.05) is 45.0 Å². The van der Waals surface area contributed by atoms with Crippen molar-refractivity contribution in [3.8, 4) is 0 Å². The van der Waals surface area contributed by atoms with Gasteiger partial charge in [0.2, 0.25) is 0 Å². The van der Waals surface area contributed by atoms with E-state index in [0.29, 0.717) is 0 Å². The fourth-order valence-electron chi connectivity index (χ4n) is 2.33. The first kappa shape index (κ1) is 14.1. The van der Waals surface area contributed by atoms with Crippen molar-refractivity contribution in [3.63, 3.8) is 0 Å². The molecule has 5 heteroatoms. The Morgan fingerprint density at radius 3 is 2.53 bits per heavy atom. The first-order valence-electron chi connectivity index (χ1n) is 6.91. The number of pyridine rings is 1. The Morgan fingerprint density at radius 2 is 1.89 bits per heavy atom. The number of aromatic nitrogens is 1. The van der Waals surface area contributed by atoms with Crippen molar-refractivity contribution in [2.45, 2.75) is 6.92 Å². The third-order valence-electron chi connectivity index (χ3n) is 3.58. The van der Waals surface area contributed by atoms with Gasteiger partial charge in [0.15, 0.2) is 5.82 Å². The summed E-state index contributed by atoms with van der Waals surface area (Å²) < 4.78 is 0. The van der Waals surface area contributed by atoms with Crippen molar-refractivity contribution in [2.75, 3.05) is 64.0 Å². The molecule has 106 valence electrons. The molecule has 0 amide bonds. The van der Waals surface area contributed by atoms with Gasteiger partial charge in [-0.3, -0.25) is 4.90 Å². The summed E-state index contributed by atoms with van der Waals surface area (Å²) in [6, 6.07) is 3.92. The first-order valence-corrected chi connectivity index (χ1v) is 6.91. The van der Waals surface area contributed by atoms with Gasteiger partial charge in [-0.2, -0.15) is 0 Å². The summed E-state index contributed by atoms with van der Waals surface area (Å²) in [6.07, 6.45) is 0. The van der Waals surface area contributed by atoms with Gasteiger partial charge in [-0.1, -0.05) is 0 Å². The molecule has 0 radical (unpaired) electrons. The summed E-state index contributed by atoms with van der Waals surface area (Å²) in [5.41, 5.74) is 7.84. The number of rotatable bonds is 4. The first-order chi connectivity index (χ1) is 9.06. The minimum atomic E-state index is 0.785. The lowest BCUT2D eigenvalue weighted by Gasteiger charge is -2.36. The quantitative estimate of drug-likeness (QED) is 0.864. The van der Waals surface area contributed by atoms with Gasteiger partial charge >= 0.3 is 0 Å². The van der Waals surface area contributed by atoms with Crippen molar-refractivity contribution in [1.82, 2.24) is 14.8 Å². The molecule has 0 aromatic carbocycles. The number of aryl methyl sites for hydroxylation is 1. The molecule has 1 saturated heterocycles. The maximum absolute atomic E-state index is 6.03. The highest BCUT2D eigenvalue weighted by molar-refractivity contribution is 5.63. The summed E-state index contributed by atoms with van der Waals surface area (Å²) in [7, 11) is 4.24. The maximum Gasteiger partial charge on any atom is 0.152 e. The highest BCUT2D eigenvalue weighted by atomic mass is 15.3. The molecule has 1 aromatic rings. The standard InChI is InChI=1S/C14H25N5/c1-12-4-5-13(15)14(16-12)19-10-8-18(9-11-19)7-6-17(2)3/h4-5H,6-11,15H2,1-3H3. The van der Waals surface area contributed by atoms with Crippen molar-refractivity contribution >= 4 is 11.5 Å². The molecule has 0 bridgehead atoms. The third-order valence-corrected chi connectivity index (χ3v) is 3.58. The van der Waals surface area contributed by atoms with Crippen LogP contribution < -0.4 is 10.6 Å². The monoisotopic (exact) mass is 263 g/mol. The summed E-state index contributed by atoms with van der Waals surface area (Å²) in [5, 5.41) is 0. The van der Waals surface area contributed by atoms with Gasteiger partial charge in [0.1, 0.15) is 0 Å². The van der Waals surface area contributed by atoms with Crippen LogP contribution in [0.2, 0.25) is 0 Å². The lowest BCUT2D eigenvalue weighted by Crippen LogP contribution is -2.48. The lowest BCUT2D eigenvalue weighted by molar-refractivity contribution is 0.229. The van der Waals surface area contributed by atoms with E-state index in [4.69, 9.17) is 5.73 Å². The van der Waals surface area contributed by atoms with E-state index in [2.05, 4.69) is 33.8 Å². The van der Waals surface area contributed by atoms with E-state index in [1.807, 2.05) is 19.1 Å². The predicted molar refractivity (Wildman–Crippen MR) is 80.6 cm³/mol. The van der Waals surface area contributed by atoms with Crippen LogP contribution in [0.5, 0.6) is 0 Å². The molecule has 1 aliphatic rings. The van der Waals surface area contributed by atoms with Crippen LogP contribution in [0.25, 0.3) is 0 Å². The molecule has 2 heterocycles. The summed E-state index contributed by atoms with van der Waals surface area (Å²) >= 11 is 0. The molecule has 0 spiro atoms. The zero-order valence-electron chi connectivity index (χ0n) is 12.3. The largest absolute Gasteiger partial charge is 0.396 e. The Balaban J connectivity index is 1.90. The Labute approximate surface area is 116 Å². The van der Waals surface area contributed by atoms with E-state index in [9.17, 15) is 0 Å². The van der Waals surface area contributed by atoms with Crippen LogP contribution >= 0.6 is 0 Å². The molecule has 0 unspecified atom stereocenters. The zero-order chi connectivity index (χ0) is 13.8. The number of likely N-dealkylation sites (N-methyl/N-ethyl adjacent to an activating group) is 1. The molecule has 2 N–H and O–H groups in total. The fraction of sp³-hybridized carbons (Fsp3) is 0.643. The highest BCUT2D eigenvalue weighted by Gasteiger charge is 2.19. The second-order valence-corrected chi connectivity index (χ2v) is 5.50. The Hall–Kier alpha value is -1.33. The molecular weight excluding hydrogens is 238 g/mol. The molecule has 0 atom stereocenters. The number of piperazine rings is 1. The van der Waals surface area contributed by atoms with Gasteiger partial charge in [0.05, 0.1) is 5.69 Å². The normalized spacial score (nSPS) is 17.2.